The van der Waals surface area contributed by atoms with E-state index in [0.29, 0.717) is 19.0 Å². The van der Waals surface area contributed by atoms with Gasteiger partial charge in [-0.15, -0.1) is 0 Å². The lowest BCUT2D eigenvalue weighted by atomic mass is 9.88. The molecule has 0 fully saturated rings. The minimum atomic E-state index is -0.385. The molecular formula is C11H21N3O2. The summed E-state index contributed by atoms with van der Waals surface area (Å²) in [5.74, 6) is 0.456. The number of amidine groups is 1. The van der Waals surface area contributed by atoms with Gasteiger partial charge in [0, 0.05) is 13.7 Å². The Morgan fingerprint density at radius 2 is 2.19 bits per heavy atom. The van der Waals surface area contributed by atoms with E-state index in [2.05, 4.69) is 11.9 Å². The van der Waals surface area contributed by atoms with Crippen LogP contribution in [0.4, 0.5) is 4.79 Å². The van der Waals surface area contributed by atoms with E-state index >= 15 is 0 Å². The molecule has 0 saturated heterocycles. The van der Waals surface area contributed by atoms with Gasteiger partial charge < -0.3 is 15.4 Å². The number of rotatable bonds is 6. The fourth-order valence-electron chi connectivity index (χ4n) is 2.31. The van der Waals surface area contributed by atoms with Gasteiger partial charge in [0.05, 0.1) is 6.61 Å². The first kappa shape index (κ1) is 13.0. The Morgan fingerprint density at radius 3 is 2.69 bits per heavy atom. The molecule has 1 aliphatic heterocycles. The summed E-state index contributed by atoms with van der Waals surface area (Å²) in [6.45, 7) is 5.19. The molecule has 0 bridgehead atoms. The van der Waals surface area contributed by atoms with Crippen molar-refractivity contribution in [1.29, 1.82) is 0 Å². The van der Waals surface area contributed by atoms with Crippen molar-refractivity contribution in [1.82, 2.24) is 4.90 Å². The molecule has 16 heavy (non-hydrogen) atoms. The van der Waals surface area contributed by atoms with Crippen LogP contribution in [-0.4, -0.2) is 42.6 Å². The molecule has 1 unspecified atom stereocenters. The highest BCUT2D eigenvalue weighted by molar-refractivity contribution is 6.05. The number of methoxy groups -OCH3 is 1. The molecule has 1 aliphatic rings. The standard InChI is InChI=1S/C11H21N3O2/c1-4-6-11(5-2)9(12)13-10(15)14(11)7-8-16-3/h4-8H2,1-3H3,(H2,12,13,15). The van der Waals surface area contributed by atoms with Crippen molar-refractivity contribution < 1.29 is 9.53 Å². The number of amides is 2. The Morgan fingerprint density at radius 1 is 1.50 bits per heavy atom. The Hall–Kier alpha value is -1.10. The average molecular weight is 227 g/mol. The normalized spacial score (nSPS) is 25.1. The van der Waals surface area contributed by atoms with Gasteiger partial charge >= 0.3 is 6.03 Å². The van der Waals surface area contributed by atoms with Crippen LogP contribution in [-0.2, 0) is 4.74 Å². The second-order valence-corrected chi connectivity index (χ2v) is 4.06. The van der Waals surface area contributed by atoms with Gasteiger partial charge in [0.25, 0.3) is 0 Å². The number of ether oxygens (including phenoxy) is 1. The van der Waals surface area contributed by atoms with E-state index in [1.807, 2.05) is 6.92 Å². The monoisotopic (exact) mass is 227 g/mol. The van der Waals surface area contributed by atoms with Crippen molar-refractivity contribution >= 4 is 11.9 Å². The maximum atomic E-state index is 11.7. The van der Waals surface area contributed by atoms with Crippen molar-refractivity contribution in [2.75, 3.05) is 20.3 Å². The van der Waals surface area contributed by atoms with Crippen LogP contribution in [0.25, 0.3) is 0 Å². The van der Waals surface area contributed by atoms with Crippen LogP contribution in [0.5, 0.6) is 0 Å². The van der Waals surface area contributed by atoms with Crippen molar-refractivity contribution in [3.05, 3.63) is 0 Å². The topological polar surface area (TPSA) is 67.9 Å². The van der Waals surface area contributed by atoms with Gasteiger partial charge in [-0.3, -0.25) is 0 Å². The number of aliphatic imine (C=N–C) groups is 1. The number of carbonyl (C=O) groups is 1. The first-order valence-corrected chi connectivity index (χ1v) is 5.77. The second-order valence-electron chi connectivity index (χ2n) is 4.06. The zero-order chi connectivity index (χ0) is 12.2. The molecule has 1 heterocycles. The van der Waals surface area contributed by atoms with Gasteiger partial charge in [0.2, 0.25) is 0 Å². The Labute approximate surface area is 96.7 Å². The van der Waals surface area contributed by atoms with Crippen molar-refractivity contribution in [3.63, 3.8) is 0 Å². The van der Waals surface area contributed by atoms with Crippen LogP contribution < -0.4 is 5.73 Å². The quantitative estimate of drug-likeness (QED) is 0.745. The third-order valence-corrected chi connectivity index (χ3v) is 3.21. The van der Waals surface area contributed by atoms with Gasteiger partial charge in [-0.05, 0) is 12.8 Å². The highest BCUT2D eigenvalue weighted by Gasteiger charge is 2.45. The van der Waals surface area contributed by atoms with Gasteiger partial charge in [0.1, 0.15) is 11.4 Å². The molecule has 92 valence electrons. The van der Waals surface area contributed by atoms with E-state index in [1.54, 1.807) is 12.0 Å². The first-order chi connectivity index (χ1) is 7.62. The molecule has 0 spiro atoms. The zero-order valence-corrected chi connectivity index (χ0v) is 10.3. The molecule has 0 saturated carbocycles. The number of urea groups is 1. The minimum absolute atomic E-state index is 0.232. The van der Waals surface area contributed by atoms with Crippen molar-refractivity contribution in [2.24, 2.45) is 10.7 Å². The molecule has 0 aliphatic carbocycles. The van der Waals surface area contributed by atoms with Gasteiger partial charge in [-0.1, -0.05) is 20.3 Å². The summed E-state index contributed by atoms with van der Waals surface area (Å²) < 4.78 is 5.02. The molecule has 2 amide bonds. The van der Waals surface area contributed by atoms with Crippen LogP contribution in [0.1, 0.15) is 33.1 Å². The van der Waals surface area contributed by atoms with Crippen molar-refractivity contribution in [3.8, 4) is 0 Å². The zero-order valence-electron chi connectivity index (χ0n) is 10.3. The molecule has 5 heteroatoms. The van der Waals surface area contributed by atoms with E-state index in [1.165, 1.54) is 0 Å². The first-order valence-electron chi connectivity index (χ1n) is 5.77. The summed E-state index contributed by atoms with van der Waals surface area (Å²) in [6.07, 6.45) is 2.63. The Bertz CT molecular complexity index is 291. The van der Waals surface area contributed by atoms with Crippen LogP contribution in [0.3, 0.4) is 0 Å². The van der Waals surface area contributed by atoms with Gasteiger partial charge in [-0.25, -0.2) is 4.79 Å². The fraction of sp³-hybridized carbons (Fsp3) is 0.818. The molecule has 5 nitrogen and oxygen atoms in total. The molecule has 0 aromatic rings. The molecule has 1 rings (SSSR count). The number of nitrogens with two attached hydrogens (primary N) is 1. The van der Waals surface area contributed by atoms with Gasteiger partial charge in [0.15, 0.2) is 0 Å². The predicted octanol–water partition coefficient (Wildman–Crippen LogP) is 1.37. The third-order valence-electron chi connectivity index (χ3n) is 3.21. The number of carbonyl (C=O) groups excluding carboxylic acids is 1. The summed E-state index contributed by atoms with van der Waals surface area (Å²) >= 11 is 0. The Balaban J connectivity index is 2.90. The summed E-state index contributed by atoms with van der Waals surface area (Å²) in [5, 5.41) is 0. The lowest BCUT2D eigenvalue weighted by Gasteiger charge is -2.37. The minimum Gasteiger partial charge on any atom is -0.385 e. The largest absolute Gasteiger partial charge is 0.385 e. The fourth-order valence-corrected chi connectivity index (χ4v) is 2.31. The van der Waals surface area contributed by atoms with E-state index in [0.717, 1.165) is 19.3 Å². The van der Waals surface area contributed by atoms with Crippen molar-refractivity contribution in [2.45, 2.75) is 38.6 Å². The number of hydrogen-bond donors (Lipinski definition) is 1. The molecular weight excluding hydrogens is 206 g/mol. The maximum absolute atomic E-state index is 11.7. The van der Waals surface area contributed by atoms with E-state index in [9.17, 15) is 4.79 Å². The van der Waals surface area contributed by atoms with Crippen LogP contribution in [0.15, 0.2) is 4.99 Å². The lowest BCUT2D eigenvalue weighted by Crippen LogP contribution is -2.54. The van der Waals surface area contributed by atoms with E-state index in [4.69, 9.17) is 10.5 Å². The second kappa shape index (κ2) is 5.30. The molecule has 0 radical (unpaired) electrons. The summed E-state index contributed by atoms with van der Waals surface area (Å²) in [4.78, 5) is 17.4. The maximum Gasteiger partial charge on any atom is 0.346 e. The smallest absolute Gasteiger partial charge is 0.346 e. The van der Waals surface area contributed by atoms with Crippen LogP contribution in [0, 0.1) is 0 Å². The molecule has 0 aromatic heterocycles. The van der Waals surface area contributed by atoms with Crippen LogP contribution >= 0.6 is 0 Å². The van der Waals surface area contributed by atoms with E-state index in [-0.39, 0.29) is 11.6 Å². The Kier molecular flexibility index (Phi) is 4.29. The highest BCUT2D eigenvalue weighted by Crippen LogP contribution is 2.31. The van der Waals surface area contributed by atoms with Gasteiger partial charge in [-0.2, -0.15) is 4.99 Å². The molecule has 2 N–H and O–H groups in total. The predicted molar refractivity (Wildman–Crippen MR) is 63.5 cm³/mol. The van der Waals surface area contributed by atoms with E-state index < -0.39 is 0 Å². The summed E-state index contributed by atoms with van der Waals surface area (Å²) in [6, 6.07) is -0.232. The summed E-state index contributed by atoms with van der Waals surface area (Å²) in [7, 11) is 1.62. The molecule has 0 aromatic carbocycles. The highest BCUT2D eigenvalue weighted by atomic mass is 16.5. The van der Waals surface area contributed by atoms with Crippen LogP contribution in [0.2, 0.25) is 0 Å². The average Bonchev–Trinajstić information content (AvgIpc) is 2.49. The SMILES string of the molecule is CCCC1(CC)C(N)=NC(=O)N1CCOC. The molecule has 1 atom stereocenters. The number of nitrogens with zero attached hydrogens (tertiary/aromatic N) is 2. The third kappa shape index (κ3) is 2.04. The lowest BCUT2D eigenvalue weighted by molar-refractivity contribution is 0.116. The summed E-state index contributed by atoms with van der Waals surface area (Å²) in [5.41, 5.74) is 5.53. The number of hydrogen-bond acceptors (Lipinski definition) is 3.